The minimum Gasteiger partial charge on any atom is -0.397 e. The number of hydrogen-bond donors (Lipinski definition) is 1. The van der Waals surface area contributed by atoms with Crippen LogP contribution in [0.1, 0.15) is 9.67 Å². The topological polar surface area (TPSA) is 59.2 Å². The van der Waals surface area contributed by atoms with Crippen LogP contribution in [0, 0.1) is 5.82 Å². The number of pyridine rings is 1. The summed E-state index contributed by atoms with van der Waals surface area (Å²) in [6.45, 7) is 0. The van der Waals surface area contributed by atoms with E-state index in [9.17, 15) is 9.18 Å². The van der Waals surface area contributed by atoms with E-state index < -0.39 is 0 Å². The number of aromatic nitrogens is 1. The van der Waals surface area contributed by atoms with Gasteiger partial charge in [0.05, 0.1) is 5.69 Å². The predicted molar refractivity (Wildman–Crippen MR) is 83.2 cm³/mol. The number of carbonyl (C=O) groups is 1. The van der Waals surface area contributed by atoms with Crippen LogP contribution in [0.4, 0.5) is 15.8 Å². The fourth-order valence-corrected chi connectivity index (χ4v) is 3.08. The second-order valence-electron chi connectivity index (χ2n) is 4.54. The van der Waals surface area contributed by atoms with Crippen molar-refractivity contribution in [3.05, 3.63) is 53.3 Å². The normalized spacial score (nSPS) is 10.8. The first-order chi connectivity index (χ1) is 10.1. The monoisotopic (exact) mass is 301 g/mol. The Morgan fingerprint density at radius 1 is 1.29 bits per heavy atom. The van der Waals surface area contributed by atoms with Crippen molar-refractivity contribution >= 4 is 38.8 Å². The van der Waals surface area contributed by atoms with E-state index in [4.69, 9.17) is 5.73 Å². The van der Waals surface area contributed by atoms with Crippen molar-refractivity contribution in [1.82, 2.24) is 4.98 Å². The summed E-state index contributed by atoms with van der Waals surface area (Å²) < 4.78 is 12.9. The first-order valence-electron chi connectivity index (χ1n) is 6.24. The van der Waals surface area contributed by atoms with E-state index in [0.29, 0.717) is 16.3 Å². The summed E-state index contributed by atoms with van der Waals surface area (Å²) in [5.74, 6) is -0.577. The zero-order valence-corrected chi connectivity index (χ0v) is 12.0. The van der Waals surface area contributed by atoms with Gasteiger partial charge in [-0.15, -0.1) is 11.3 Å². The molecule has 0 saturated carbocycles. The largest absolute Gasteiger partial charge is 0.397 e. The molecule has 2 aromatic heterocycles. The number of carbonyl (C=O) groups excluding carboxylic acids is 1. The Labute approximate surface area is 124 Å². The van der Waals surface area contributed by atoms with E-state index >= 15 is 0 Å². The average molecular weight is 301 g/mol. The average Bonchev–Trinajstić information content (AvgIpc) is 2.84. The first-order valence-corrected chi connectivity index (χ1v) is 7.06. The van der Waals surface area contributed by atoms with Crippen LogP contribution >= 0.6 is 11.3 Å². The summed E-state index contributed by atoms with van der Waals surface area (Å²) in [4.78, 5) is 19.4. The van der Waals surface area contributed by atoms with Crippen molar-refractivity contribution < 1.29 is 9.18 Å². The number of hydrogen-bond acceptors (Lipinski definition) is 4. The number of nitrogens with two attached hydrogens (primary N) is 1. The molecular weight excluding hydrogens is 289 g/mol. The second kappa shape index (κ2) is 5.14. The highest BCUT2D eigenvalue weighted by molar-refractivity contribution is 7.21. The molecule has 1 amide bonds. The molecule has 4 nitrogen and oxygen atoms in total. The van der Waals surface area contributed by atoms with Crippen LogP contribution in [0.2, 0.25) is 0 Å². The minimum atomic E-state index is -0.342. The van der Waals surface area contributed by atoms with E-state index in [-0.39, 0.29) is 11.7 Å². The predicted octanol–water partition coefficient (Wildman–Crippen LogP) is 3.29. The second-order valence-corrected chi connectivity index (χ2v) is 5.54. The number of anilines is 2. The Balaban J connectivity index is 2.00. The quantitative estimate of drug-likeness (QED) is 0.790. The van der Waals surface area contributed by atoms with Gasteiger partial charge in [-0.05, 0) is 36.4 Å². The number of amides is 1. The standard InChI is InChI=1S/C15H12FN3OS/c1-19(10-6-4-9(16)5-7-10)15(20)13-12(17)11-3-2-8-18-14(11)21-13/h2-8H,17H2,1H3. The van der Waals surface area contributed by atoms with Gasteiger partial charge >= 0.3 is 0 Å². The molecule has 2 N–H and O–H groups in total. The molecule has 0 aliphatic rings. The van der Waals surface area contributed by atoms with E-state index in [1.165, 1.54) is 28.4 Å². The molecule has 106 valence electrons. The summed E-state index contributed by atoms with van der Waals surface area (Å²) >= 11 is 1.26. The Hall–Kier alpha value is -2.47. The van der Waals surface area contributed by atoms with Crippen LogP contribution in [0.25, 0.3) is 10.2 Å². The molecule has 1 aromatic carbocycles. The third-order valence-corrected chi connectivity index (χ3v) is 4.33. The number of rotatable bonds is 2. The number of nitrogen functional groups attached to an aromatic ring is 1. The fraction of sp³-hybridized carbons (Fsp3) is 0.0667. The molecule has 21 heavy (non-hydrogen) atoms. The molecule has 0 fully saturated rings. The zero-order chi connectivity index (χ0) is 15.0. The molecule has 6 heteroatoms. The van der Waals surface area contributed by atoms with Gasteiger partial charge in [0.15, 0.2) is 0 Å². The molecule has 3 aromatic rings. The van der Waals surface area contributed by atoms with Gasteiger partial charge in [0.2, 0.25) is 0 Å². The number of fused-ring (bicyclic) bond motifs is 1. The van der Waals surface area contributed by atoms with Crippen LogP contribution in [0.5, 0.6) is 0 Å². The van der Waals surface area contributed by atoms with Gasteiger partial charge in [-0.25, -0.2) is 9.37 Å². The van der Waals surface area contributed by atoms with Gasteiger partial charge in [0.25, 0.3) is 5.91 Å². The van der Waals surface area contributed by atoms with Crippen molar-refractivity contribution in [2.24, 2.45) is 0 Å². The summed E-state index contributed by atoms with van der Waals surface area (Å²) in [6, 6.07) is 9.35. The summed E-state index contributed by atoms with van der Waals surface area (Å²) in [5, 5.41) is 0.776. The molecule has 0 spiro atoms. The van der Waals surface area contributed by atoms with E-state index in [2.05, 4.69) is 4.98 Å². The van der Waals surface area contributed by atoms with Gasteiger partial charge in [0.1, 0.15) is 15.5 Å². The summed E-state index contributed by atoms with van der Waals surface area (Å²) in [5.41, 5.74) is 7.08. The molecule has 0 aliphatic heterocycles. The van der Waals surface area contributed by atoms with Crippen molar-refractivity contribution in [2.45, 2.75) is 0 Å². The van der Waals surface area contributed by atoms with Crippen molar-refractivity contribution in [1.29, 1.82) is 0 Å². The first kappa shape index (κ1) is 13.5. The van der Waals surface area contributed by atoms with Crippen LogP contribution in [-0.4, -0.2) is 17.9 Å². The third-order valence-electron chi connectivity index (χ3n) is 3.22. The Kier molecular flexibility index (Phi) is 3.31. The lowest BCUT2D eigenvalue weighted by atomic mass is 10.2. The van der Waals surface area contributed by atoms with Crippen molar-refractivity contribution in [2.75, 3.05) is 17.7 Å². The maximum absolute atomic E-state index is 12.9. The molecule has 3 rings (SSSR count). The zero-order valence-electron chi connectivity index (χ0n) is 11.2. The molecular formula is C15H12FN3OS. The van der Waals surface area contributed by atoms with Crippen molar-refractivity contribution in [3.8, 4) is 0 Å². The third kappa shape index (κ3) is 2.34. The van der Waals surface area contributed by atoms with Crippen LogP contribution < -0.4 is 10.6 Å². The number of thiophene rings is 1. The van der Waals surface area contributed by atoms with Gasteiger partial charge in [-0.1, -0.05) is 0 Å². The van der Waals surface area contributed by atoms with Gasteiger partial charge in [-0.3, -0.25) is 4.79 Å². The van der Waals surface area contributed by atoms with Crippen LogP contribution in [-0.2, 0) is 0 Å². The lowest BCUT2D eigenvalue weighted by Crippen LogP contribution is -2.26. The molecule has 0 bridgehead atoms. The van der Waals surface area contributed by atoms with Gasteiger partial charge in [0, 0.05) is 24.3 Å². The Morgan fingerprint density at radius 3 is 2.67 bits per heavy atom. The highest BCUT2D eigenvalue weighted by Crippen LogP contribution is 2.33. The Morgan fingerprint density at radius 2 is 2.00 bits per heavy atom. The number of nitrogens with zero attached hydrogens (tertiary/aromatic N) is 2. The SMILES string of the molecule is CN(C(=O)c1sc2ncccc2c1N)c1ccc(F)cc1. The van der Waals surface area contributed by atoms with E-state index in [0.717, 1.165) is 10.2 Å². The van der Waals surface area contributed by atoms with E-state index in [1.54, 1.807) is 31.4 Å². The molecule has 0 radical (unpaired) electrons. The lowest BCUT2D eigenvalue weighted by molar-refractivity contribution is 0.0997. The minimum absolute atomic E-state index is 0.234. The Bertz CT molecular complexity index is 813. The molecule has 0 unspecified atom stereocenters. The highest BCUT2D eigenvalue weighted by atomic mass is 32.1. The maximum atomic E-state index is 12.9. The number of benzene rings is 1. The van der Waals surface area contributed by atoms with Gasteiger partial charge < -0.3 is 10.6 Å². The smallest absolute Gasteiger partial charge is 0.270 e. The molecule has 0 aliphatic carbocycles. The molecule has 0 atom stereocenters. The van der Waals surface area contributed by atoms with Crippen LogP contribution in [0.3, 0.4) is 0 Å². The molecule has 2 heterocycles. The van der Waals surface area contributed by atoms with E-state index in [1.807, 2.05) is 6.07 Å². The maximum Gasteiger partial charge on any atom is 0.270 e. The highest BCUT2D eigenvalue weighted by Gasteiger charge is 2.21. The van der Waals surface area contributed by atoms with Crippen molar-refractivity contribution in [3.63, 3.8) is 0 Å². The lowest BCUT2D eigenvalue weighted by Gasteiger charge is -2.16. The summed E-state index contributed by atoms with van der Waals surface area (Å²) in [7, 11) is 1.63. The fourth-order valence-electron chi connectivity index (χ4n) is 2.04. The molecule has 0 saturated heterocycles. The van der Waals surface area contributed by atoms with Crippen LogP contribution in [0.15, 0.2) is 42.6 Å². The number of halogens is 1. The summed E-state index contributed by atoms with van der Waals surface area (Å²) in [6.07, 6.45) is 1.66. The van der Waals surface area contributed by atoms with Gasteiger partial charge in [-0.2, -0.15) is 0 Å².